The number of anilines is 1. The molecule has 2 aliphatic heterocycles. The number of carbonyl (C=O) groups is 1. The normalized spacial score (nSPS) is 23.2. The van der Waals surface area contributed by atoms with Gasteiger partial charge < -0.3 is 4.74 Å². The summed E-state index contributed by atoms with van der Waals surface area (Å²) in [5.74, 6) is -0.406. The van der Waals surface area contributed by atoms with E-state index in [9.17, 15) is 13.2 Å². The largest absolute Gasteiger partial charge is 0.376 e. The van der Waals surface area contributed by atoms with Crippen LogP contribution in [0.15, 0.2) is 12.1 Å². The van der Waals surface area contributed by atoms with Gasteiger partial charge in [0.2, 0.25) is 15.9 Å². The molecule has 0 N–H and O–H groups in total. The van der Waals surface area contributed by atoms with Gasteiger partial charge in [-0.1, -0.05) is 11.3 Å². The summed E-state index contributed by atoms with van der Waals surface area (Å²) < 4.78 is 32.3. The van der Waals surface area contributed by atoms with Crippen LogP contribution in [0.4, 0.5) is 5.13 Å². The summed E-state index contributed by atoms with van der Waals surface area (Å²) in [6.07, 6.45) is 4.51. The molecule has 0 bridgehead atoms. The molecular formula is C21H29N3O4S2. The first kappa shape index (κ1) is 21.7. The van der Waals surface area contributed by atoms with Crippen molar-refractivity contribution < 1.29 is 17.9 Å². The molecule has 2 aromatic rings. The zero-order valence-corrected chi connectivity index (χ0v) is 19.4. The van der Waals surface area contributed by atoms with Gasteiger partial charge in [0.1, 0.15) is 0 Å². The maximum Gasteiger partial charge on any atom is 0.233 e. The van der Waals surface area contributed by atoms with Gasteiger partial charge in [0.05, 0.1) is 35.0 Å². The molecule has 0 radical (unpaired) electrons. The number of amides is 1. The van der Waals surface area contributed by atoms with Gasteiger partial charge in [-0.25, -0.2) is 17.7 Å². The number of carbonyl (C=O) groups excluding carboxylic acids is 1. The van der Waals surface area contributed by atoms with E-state index in [1.54, 1.807) is 4.90 Å². The Morgan fingerprint density at radius 1 is 1.27 bits per heavy atom. The molecule has 7 nitrogen and oxygen atoms in total. The van der Waals surface area contributed by atoms with Crippen LogP contribution < -0.4 is 4.90 Å². The number of hydrogen-bond acceptors (Lipinski definition) is 6. The average Bonchev–Trinajstić information content (AvgIpc) is 3.35. The van der Waals surface area contributed by atoms with Gasteiger partial charge in [-0.3, -0.25) is 9.69 Å². The standard InChI is InChI=1S/C21H29N3O4S2/c1-14-10-18-19(11-15(14)2)29-21(22-18)24(13-17-7-5-9-28-17)20(25)16-6-4-8-23(12-16)30(3,26)27/h10-11,16-17H,4-9,12-13H2,1-3H3. The molecule has 9 heteroatoms. The van der Waals surface area contributed by atoms with Crippen LogP contribution in [-0.2, 0) is 19.6 Å². The van der Waals surface area contributed by atoms with Crippen molar-refractivity contribution in [2.24, 2.45) is 5.92 Å². The van der Waals surface area contributed by atoms with E-state index >= 15 is 0 Å². The quantitative estimate of drug-likeness (QED) is 0.698. The van der Waals surface area contributed by atoms with E-state index in [1.807, 2.05) is 0 Å². The molecule has 0 spiro atoms. The third-order valence-corrected chi connectivity index (χ3v) is 8.41. The summed E-state index contributed by atoms with van der Waals surface area (Å²) in [5.41, 5.74) is 3.27. The molecule has 4 rings (SSSR count). The molecule has 0 saturated carbocycles. The van der Waals surface area contributed by atoms with Crippen LogP contribution in [-0.4, -0.2) is 62.2 Å². The highest BCUT2D eigenvalue weighted by atomic mass is 32.2. The smallest absolute Gasteiger partial charge is 0.233 e. The van der Waals surface area contributed by atoms with Crippen molar-refractivity contribution in [3.05, 3.63) is 23.3 Å². The SMILES string of the molecule is Cc1cc2nc(N(CC3CCCO3)C(=O)C3CCCN(S(C)(=O)=O)C3)sc2cc1C. The summed E-state index contributed by atoms with van der Waals surface area (Å²) >= 11 is 1.52. The fraction of sp³-hybridized carbons (Fsp3) is 0.619. The summed E-state index contributed by atoms with van der Waals surface area (Å²) in [5, 5.41) is 0.673. The molecule has 2 atom stereocenters. The van der Waals surface area contributed by atoms with Gasteiger partial charge in [-0.2, -0.15) is 0 Å². The number of ether oxygens (including phenoxy) is 1. The minimum absolute atomic E-state index is 0.000893. The summed E-state index contributed by atoms with van der Waals surface area (Å²) in [4.78, 5) is 20.1. The van der Waals surface area contributed by atoms with Crippen LogP contribution in [0.25, 0.3) is 10.2 Å². The minimum atomic E-state index is -3.31. The lowest BCUT2D eigenvalue weighted by molar-refractivity contribution is -0.123. The fourth-order valence-corrected chi connectivity index (χ4v) is 6.17. The monoisotopic (exact) mass is 451 g/mol. The Kier molecular flexibility index (Phi) is 6.16. The number of fused-ring (bicyclic) bond motifs is 1. The molecule has 2 aliphatic rings. The van der Waals surface area contributed by atoms with E-state index in [0.29, 0.717) is 31.1 Å². The Morgan fingerprint density at radius 2 is 2.03 bits per heavy atom. The maximum atomic E-state index is 13.6. The lowest BCUT2D eigenvalue weighted by atomic mass is 9.98. The van der Waals surface area contributed by atoms with Gasteiger partial charge in [-0.15, -0.1) is 0 Å². The maximum absolute atomic E-state index is 13.6. The number of benzene rings is 1. The summed E-state index contributed by atoms with van der Waals surface area (Å²) in [6.45, 7) is 6.04. The zero-order chi connectivity index (χ0) is 21.5. The van der Waals surface area contributed by atoms with E-state index in [2.05, 4.69) is 26.0 Å². The van der Waals surface area contributed by atoms with Gasteiger partial charge in [0.15, 0.2) is 5.13 Å². The average molecular weight is 452 g/mol. The Balaban J connectivity index is 1.65. The number of sulfonamides is 1. The highest BCUT2D eigenvalue weighted by molar-refractivity contribution is 7.88. The molecule has 1 aromatic heterocycles. The molecule has 30 heavy (non-hydrogen) atoms. The van der Waals surface area contributed by atoms with Crippen LogP contribution in [0.1, 0.15) is 36.8 Å². The van der Waals surface area contributed by atoms with Crippen LogP contribution in [0.3, 0.4) is 0 Å². The summed E-state index contributed by atoms with van der Waals surface area (Å²) in [6, 6.07) is 4.18. The highest BCUT2D eigenvalue weighted by Crippen LogP contribution is 2.33. The second kappa shape index (κ2) is 8.53. The van der Waals surface area contributed by atoms with Crippen LogP contribution in [0, 0.1) is 19.8 Å². The number of aryl methyl sites for hydroxylation is 2. The number of piperidine rings is 1. The van der Waals surface area contributed by atoms with Crippen LogP contribution in [0.5, 0.6) is 0 Å². The van der Waals surface area contributed by atoms with E-state index in [1.165, 1.54) is 33.0 Å². The predicted molar refractivity (Wildman–Crippen MR) is 120 cm³/mol. The van der Waals surface area contributed by atoms with Gasteiger partial charge >= 0.3 is 0 Å². The number of rotatable bonds is 5. The van der Waals surface area contributed by atoms with Gasteiger partial charge in [0, 0.05) is 19.7 Å². The van der Waals surface area contributed by atoms with Crippen LogP contribution >= 0.6 is 11.3 Å². The minimum Gasteiger partial charge on any atom is -0.376 e. The second-order valence-electron chi connectivity index (χ2n) is 8.44. The predicted octanol–water partition coefficient (Wildman–Crippen LogP) is 3.10. The molecule has 0 aliphatic carbocycles. The fourth-order valence-electron chi connectivity index (χ4n) is 4.20. The van der Waals surface area contributed by atoms with Crippen LogP contribution in [0.2, 0.25) is 0 Å². The van der Waals surface area contributed by atoms with E-state index in [-0.39, 0.29) is 24.5 Å². The third-order valence-electron chi connectivity index (χ3n) is 6.10. The highest BCUT2D eigenvalue weighted by Gasteiger charge is 2.35. The molecular weight excluding hydrogens is 422 g/mol. The van der Waals surface area contributed by atoms with E-state index < -0.39 is 10.0 Å². The first-order chi connectivity index (χ1) is 14.2. The molecule has 3 heterocycles. The van der Waals surface area contributed by atoms with Crippen molar-refractivity contribution >= 4 is 42.6 Å². The van der Waals surface area contributed by atoms with Gasteiger partial charge in [0.25, 0.3) is 0 Å². The van der Waals surface area contributed by atoms with Gasteiger partial charge in [-0.05, 0) is 62.8 Å². The Hall–Kier alpha value is -1.55. The van der Waals surface area contributed by atoms with Crippen molar-refractivity contribution in [1.29, 1.82) is 0 Å². The summed E-state index contributed by atoms with van der Waals surface area (Å²) in [7, 11) is -3.31. The second-order valence-corrected chi connectivity index (χ2v) is 11.4. The topological polar surface area (TPSA) is 79.8 Å². The van der Waals surface area contributed by atoms with Crippen molar-refractivity contribution in [3.63, 3.8) is 0 Å². The number of thiazole rings is 1. The first-order valence-electron chi connectivity index (χ1n) is 10.5. The molecule has 2 unspecified atom stereocenters. The Labute approximate surface area is 182 Å². The van der Waals surface area contributed by atoms with Crippen molar-refractivity contribution in [1.82, 2.24) is 9.29 Å². The lowest BCUT2D eigenvalue weighted by Gasteiger charge is -2.33. The first-order valence-corrected chi connectivity index (χ1v) is 13.1. The van der Waals surface area contributed by atoms with Crippen molar-refractivity contribution in [2.75, 3.05) is 37.4 Å². The molecule has 2 fully saturated rings. The Morgan fingerprint density at radius 3 is 2.73 bits per heavy atom. The van der Waals surface area contributed by atoms with E-state index in [4.69, 9.17) is 9.72 Å². The molecule has 1 aromatic carbocycles. The third kappa shape index (κ3) is 4.54. The zero-order valence-electron chi connectivity index (χ0n) is 17.8. The van der Waals surface area contributed by atoms with Crippen molar-refractivity contribution in [3.8, 4) is 0 Å². The van der Waals surface area contributed by atoms with E-state index in [0.717, 1.165) is 29.7 Å². The number of hydrogen-bond donors (Lipinski definition) is 0. The van der Waals surface area contributed by atoms with Crippen molar-refractivity contribution in [2.45, 2.75) is 45.6 Å². The Bertz CT molecular complexity index is 1000. The lowest BCUT2D eigenvalue weighted by Crippen LogP contribution is -2.48. The number of nitrogens with zero attached hydrogens (tertiary/aromatic N) is 3. The molecule has 1 amide bonds. The molecule has 164 valence electrons. The molecule has 2 saturated heterocycles. The number of aromatic nitrogens is 1.